The first kappa shape index (κ1) is 21.9. The number of methoxy groups -OCH3 is 2. The summed E-state index contributed by atoms with van der Waals surface area (Å²) < 4.78 is 39.7. The third-order valence-corrected chi connectivity index (χ3v) is 8.07. The second kappa shape index (κ2) is 9.34. The van der Waals surface area contributed by atoms with Gasteiger partial charge in [0.15, 0.2) is 0 Å². The Morgan fingerprint density at radius 1 is 0.966 bits per heavy atom. The lowest BCUT2D eigenvalue weighted by Crippen LogP contribution is -2.47. The van der Waals surface area contributed by atoms with Crippen LogP contribution in [-0.2, 0) is 14.8 Å². The molecule has 0 unspecified atom stereocenters. The van der Waals surface area contributed by atoms with Crippen LogP contribution in [0.4, 0.5) is 0 Å². The maximum absolute atomic E-state index is 13.8. The van der Waals surface area contributed by atoms with Gasteiger partial charge in [-0.05, 0) is 37.8 Å². The van der Waals surface area contributed by atoms with Crippen molar-refractivity contribution in [1.82, 2.24) is 9.21 Å². The van der Waals surface area contributed by atoms with Gasteiger partial charge in [0.25, 0.3) is 0 Å². The van der Waals surface area contributed by atoms with E-state index in [0.717, 1.165) is 45.1 Å². The van der Waals surface area contributed by atoms with Crippen molar-refractivity contribution < 1.29 is 22.7 Å². The molecule has 0 spiro atoms. The SMILES string of the molecule is COc1ccc(OC)c(S(=O)(=O)N2CCCCCCN(C)C(=O)[C@@H]3CCC[C@@H]32)c1. The van der Waals surface area contributed by atoms with Crippen LogP contribution in [0.3, 0.4) is 0 Å². The number of amides is 1. The minimum absolute atomic E-state index is 0.0622. The molecule has 2 atom stereocenters. The van der Waals surface area contributed by atoms with Gasteiger partial charge in [-0.25, -0.2) is 8.42 Å². The predicted molar refractivity (Wildman–Crippen MR) is 111 cm³/mol. The molecule has 1 saturated carbocycles. The van der Waals surface area contributed by atoms with Gasteiger partial charge < -0.3 is 14.4 Å². The number of rotatable bonds is 4. The van der Waals surface area contributed by atoms with Gasteiger partial charge in [-0.15, -0.1) is 0 Å². The summed E-state index contributed by atoms with van der Waals surface area (Å²) in [5, 5.41) is 0. The number of carbonyl (C=O) groups is 1. The minimum Gasteiger partial charge on any atom is -0.497 e. The average molecular weight is 425 g/mol. The smallest absolute Gasteiger partial charge is 0.247 e. The second-order valence-electron chi connectivity index (χ2n) is 7.91. The summed E-state index contributed by atoms with van der Waals surface area (Å²) in [6, 6.07) is 4.49. The molecule has 2 fully saturated rings. The molecule has 0 bridgehead atoms. The quantitative estimate of drug-likeness (QED) is 0.743. The minimum atomic E-state index is -3.85. The molecule has 3 rings (SSSR count). The van der Waals surface area contributed by atoms with Gasteiger partial charge in [-0.1, -0.05) is 19.3 Å². The Bertz CT molecular complexity index is 826. The first-order valence-electron chi connectivity index (χ1n) is 10.4. The maximum atomic E-state index is 13.8. The fourth-order valence-corrected chi connectivity index (χ4v) is 6.41. The molecule has 1 heterocycles. The van der Waals surface area contributed by atoms with Crippen molar-refractivity contribution in [2.45, 2.75) is 55.9 Å². The van der Waals surface area contributed by atoms with Crippen LogP contribution in [0.1, 0.15) is 44.9 Å². The van der Waals surface area contributed by atoms with E-state index >= 15 is 0 Å². The van der Waals surface area contributed by atoms with Crippen LogP contribution < -0.4 is 9.47 Å². The molecule has 2 aliphatic rings. The normalized spacial score (nSPS) is 24.7. The molecule has 0 aromatic heterocycles. The van der Waals surface area contributed by atoms with Crippen LogP contribution in [0.2, 0.25) is 0 Å². The summed E-state index contributed by atoms with van der Waals surface area (Å²) >= 11 is 0. The van der Waals surface area contributed by atoms with Crippen LogP contribution in [0.15, 0.2) is 23.1 Å². The zero-order valence-electron chi connectivity index (χ0n) is 17.6. The summed E-state index contributed by atoms with van der Waals surface area (Å²) in [7, 11) is 0.948. The van der Waals surface area contributed by atoms with E-state index < -0.39 is 10.0 Å². The van der Waals surface area contributed by atoms with Crippen molar-refractivity contribution in [2.24, 2.45) is 5.92 Å². The van der Waals surface area contributed by atoms with Crippen molar-refractivity contribution in [3.8, 4) is 11.5 Å². The van der Waals surface area contributed by atoms with E-state index in [9.17, 15) is 13.2 Å². The lowest BCUT2D eigenvalue weighted by Gasteiger charge is -2.33. The predicted octanol–water partition coefficient (Wildman–Crippen LogP) is 2.90. The van der Waals surface area contributed by atoms with E-state index in [4.69, 9.17) is 9.47 Å². The molecule has 1 aliphatic carbocycles. The third-order valence-electron chi connectivity index (χ3n) is 6.12. The van der Waals surface area contributed by atoms with Gasteiger partial charge in [0.1, 0.15) is 16.4 Å². The molecular formula is C21H32N2O5S. The fourth-order valence-electron chi connectivity index (χ4n) is 4.51. The summed E-state index contributed by atoms with van der Waals surface area (Å²) in [6.45, 7) is 1.15. The highest BCUT2D eigenvalue weighted by Gasteiger charge is 2.43. The highest BCUT2D eigenvalue weighted by atomic mass is 32.2. The molecule has 0 N–H and O–H groups in total. The molecular weight excluding hydrogens is 392 g/mol. The molecule has 8 heteroatoms. The molecule has 1 amide bonds. The summed E-state index contributed by atoms with van der Waals surface area (Å²) in [4.78, 5) is 14.9. The summed E-state index contributed by atoms with van der Waals surface area (Å²) in [6.07, 6.45) is 5.97. The average Bonchev–Trinajstić information content (AvgIpc) is 3.19. The molecule has 29 heavy (non-hydrogen) atoms. The van der Waals surface area contributed by atoms with Gasteiger partial charge in [0.05, 0.1) is 20.1 Å². The zero-order chi connectivity index (χ0) is 21.0. The lowest BCUT2D eigenvalue weighted by molar-refractivity contribution is -0.135. The fraction of sp³-hybridized carbons (Fsp3) is 0.667. The highest BCUT2D eigenvalue weighted by molar-refractivity contribution is 7.89. The monoisotopic (exact) mass is 424 g/mol. The van der Waals surface area contributed by atoms with E-state index in [1.807, 2.05) is 7.05 Å². The third kappa shape index (κ3) is 4.53. The molecule has 1 aromatic carbocycles. The largest absolute Gasteiger partial charge is 0.497 e. The van der Waals surface area contributed by atoms with Crippen LogP contribution >= 0.6 is 0 Å². The van der Waals surface area contributed by atoms with E-state index in [1.165, 1.54) is 20.3 Å². The van der Waals surface area contributed by atoms with Crippen LogP contribution in [0.25, 0.3) is 0 Å². The first-order chi connectivity index (χ1) is 13.9. The number of hydrogen-bond acceptors (Lipinski definition) is 5. The van der Waals surface area contributed by atoms with E-state index in [2.05, 4.69) is 0 Å². The molecule has 1 aliphatic heterocycles. The molecule has 0 radical (unpaired) electrons. The number of hydrogen-bond donors (Lipinski definition) is 0. The number of sulfonamides is 1. The van der Waals surface area contributed by atoms with Gasteiger partial charge in [-0.3, -0.25) is 4.79 Å². The maximum Gasteiger partial charge on any atom is 0.247 e. The molecule has 162 valence electrons. The van der Waals surface area contributed by atoms with Crippen LogP contribution in [0.5, 0.6) is 11.5 Å². The second-order valence-corrected chi connectivity index (χ2v) is 9.77. The molecule has 7 nitrogen and oxygen atoms in total. The van der Waals surface area contributed by atoms with Gasteiger partial charge >= 0.3 is 0 Å². The Morgan fingerprint density at radius 3 is 2.38 bits per heavy atom. The summed E-state index contributed by atoms with van der Waals surface area (Å²) in [5.74, 6) is 0.524. The van der Waals surface area contributed by atoms with Gasteiger partial charge in [0, 0.05) is 32.2 Å². The Morgan fingerprint density at radius 2 is 1.69 bits per heavy atom. The van der Waals surface area contributed by atoms with Crippen molar-refractivity contribution in [2.75, 3.05) is 34.4 Å². The highest BCUT2D eigenvalue weighted by Crippen LogP contribution is 2.38. The van der Waals surface area contributed by atoms with Gasteiger partial charge in [-0.2, -0.15) is 4.31 Å². The van der Waals surface area contributed by atoms with E-state index in [0.29, 0.717) is 18.7 Å². The van der Waals surface area contributed by atoms with Crippen molar-refractivity contribution in [1.29, 1.82) is 0 Å². The Kier molecular flexibility index (Phi) is 7.05. The Hall–Kier alpha value is -1.80. The Balaban J connectivity index is 2.04. The standard InChI is InChI=1S/C21H32N2O5S/c1-22-13-6-4-5-7-14-23(18-10-8-9-17(18)21(22)24)29(25,26)20-15-16(27-2)11-12-19(20)28-3/h11-12,15,17-18H,4-10,13-14H2,1-3H3/t17-,18+/m1/s1. The van der Waals surface area contributed by atoms with Crippen molar-refractivity contribution in [3.63, 3.8) is 0 Å². The van der Waals surface area contributed by atoms with Crippen molar-refractivity contribution in [3.05, 3.63) is 18.2 Å². The van der Waals surface area contributed by atoms with E-state index in [-0.39, 0.29) is 28.5 Å². The first-order valence-corrected chi connectivity index (χ1v) is 11.8. The Labute approximate surface area is 174 Å². The number of carbonyl (C=O) groups excluding carboxylic acids is 1. The van der Waals surface area contributed by atoms with E-state index in [1.54, 1.807) is 21.3 Å². The molecule has 1 saturated heterocycles. The summed E-state index contributed by atoms with van der Waals surface area (Å²) in [5.41, 5.74) is 0. The molecule has 1 aromatic rings. The number of nitrogens with zero attached hydrogens (tertiary/aromatic N) is 2. The zero-order valence-corrected chi connectivity index (χ0v) is 18.4. The number of fused-ring (bicyclic) bond motifs is 1. The number of ether oxygens (including phenoxy) is 2. The lowest BCUT2D eigenvalue weighted by atomic mass is 10.0. The number of benzene rings is 1. The van der Waals surface area contributed by atoms with Crippen LogP contribution in [0, 0.1) is 5.92 Å². The van der Waals surface area contributed by atoms with Gasteiger partial charge in [0.2, 0.25) is 15.9 Å². The topological polar surface area (TPSA) is 76.2 Å². The van der Waals surface area contributed by atoms with Crippen molar-refractivity contribution >= 4 is 15.9 Å². The van der Waals surface area contributed by atoms with Crippen LogP contribution in [-0.4, -0.2) is 63.9 Å².